The van der Waals surface area contributed by atoms with Gasteiger partial charge in [0.1, 0.15) is 6.04 Å². The molecule has 3 amide bonds. The van der Waals surface area contributed by atoms with Gasteiger partial charge in [-0.1, -0.05) is 6.07 Å². The van der Waals surface area contributed by atoms with Crippen LogP contribution < -0.4 is 16.0 Å². The minimum Gasteiger partial charge on any atom is -0.480 e. The van der Waals surface area contributed by atoms with Crippen molar-refractivity contribution in [3.05, 3.63) is 29.8 Å². The van der Waals surface area contributed by atoms with Crippen molar-refractivity contribution in [3.63, 3.8) is 0 Å². The molecule has 110 valence electrons. The lowest BCUT2D eigenvalue weighted by Crippen LogP contribution is -2.48. The zero-order chi connectivity index (χ0) is 16.0. The maximum Gasteiger partial charge on any atom is 0.326 e. The average molecular weight is 290 g/mol. The fraction of sp³-hybridized carbons (Fsp3) is 0.231. The molecule has 0 aromatic heterocycles. The third-order valence-electron chi connectivity index (χ3n) is 2.67. The van der Waals surface area contributed by atoms with Crippen molar-refractivity contribution in [1.82, 2.24) is 5.32 Å². The van der Waals surface area contributed by atoms with Crippen LogP contribution in [0.3, 0.4) is 0 Å². The number of nitriles is 1. The van der Waals surface area contributed by atoms with Gasteiger partial charge in [-0.15, -0.1) is 0 Å². The van der Waals surface area contributed by atoms with E-state index in [1.54, 1.807) is 18.2 Å². The lowest BCUT2D eigenvalue weighted by molar-refractivity contribution is -0.140. The van der Waals surface area contributed by atoms with Gasteiger partial charge in [-0.2, -0.15) is 5.26 Å². The molecule has 21 heavy (non-hydrogen) atoms. The number of aliphatic carboxylic acids is 1. The fourth-order valence-electron chi connectivity index (χ4n) is 1.55. The topological polar surface area (TPSA) is 137 Å². The number of carbonyl (C=O) groups is 3. The summed E-state index contributed by atoms with van der Waals surface area (Å²) < 4.78 is 0. The Hall–Kier alpha value is -3.08. The number of nitrogens with two attached hydrogens (primary N) is 1. The standard InChI is InChI=1S/C13H14N4O4/c1-17(9-4-2-3-8(5-9)7-14)13(21)16-10(12(19)20)6-11(15)18/h2-5,10H,6H2,1H3,(H2,15,18)(H,16,21)(H,19,20)/t10-/m0/s1. The summed E-state index contributed by atoms with van der Waals surface area (Å²) in [5.74, 6) is -2.20. The number of benzene rings is 1. The molecule has 0 radical (unpaired) electrons. The molecule has 0 fully saturated rings. The fourth-order valence-corrected chi connectivity index (χ4v) is 1.55. The maximum atomic E-state index is 12.0. The Bertz CT molecular complexity index is 608. The highest BCUT2D eigenvalue weighted by atomic mass is 16.4. The highest BCUT2D eigenvalue weighted by Gasteiger charge is 2.24. The van der Waals surface area contributed by atoms with E-state index < -0.39 is 30.4 Å². The summed E-state index contributed by atoms with van der Waals surface area (Å²) in [5.41, 5.74) is 5.70. The van der Waals surface area contributed by atoms with Gasteiger partial charge in [-0.25, -0.2) is 9.59 Å². The Labute approximate surface area is 120 Å². The number of primary amides is 1. The number of carboxylic acid groups (broad SMARTS) is 1. The molecule has 0 aliphatic heterocycles. The van der Waals surface area contributed by atoms with Gasteiger partial charge >= 0.3 is 12.0 Å². The largest absolute Gasteiger partial charge is 0.480 e. The van der Waals surface area contributed by atoms with Crippen molar-refractivity contribution < 1.29 is 19.5 Å². The van der Waals surface area contributed by atoms with Gasteiger partial charge in [0.25, 0.3) is 0 Å². The van der Waals surface area contributed by atoms with E-state index in [4.69, 9.17) is 16.1 Å². The molecular weight excluding hydrogens is 276 g/mol. The van der Waals surface area contributed by atoms with Gasteiger partial charge < -0.3 is 16.2 Å². The zero-order valence-corrected chi connectivity index (χ0v) is 11.2. The molecule has 0 aliphatic rings. The summed E-state index contributed by atoms with van der Waals surface area (Å²) in [4.78, 5) is 34.8. The smallest absolute Gasteiger partial charge is 0.326 e. The van der Waals surface area contributed by atoms with E-state index in [0.29, 0.717) is 11.3 Å². The summed E-state index contributed by atoms with van der Waals surface area (Å²) in [7, 11) is 1.41. The lowest BCUT2D eigenvalue weighted by Gasteiger charge is -2.21. The Kier molecular flexibility index (Phi) is 5.25. The number of carboxylic acids is 1. The number of carbonyl (C=O) groups excluding carboxylic acids is 2. The van der Waals surface area contributed by atoms with Crippen molar-refractivity contribution in [3.8, 4) is 6.07 Å². The van der Waals surface area contributed by atoms with E-state index in [0.717, 1.165) is 4.90 Å². The molecule has 4 N–H and O–H groups in total. The summed E-state index contributed by atoms with van der Waals surface area (Å²) in [6.45, 7) is 0. The average Bonchev–Trinajstić information content (AvgIpc) is 2.45. The molecule has 8 heteroatoms. The van der Waals surface area contributed by atoms with E-state index in [1.807, 2.05) is 6.07 Å². The Morgan fingerprint density at radius 3 is 2.67 bits per heavy atom. The summed E-state index contributed by atoms with van der Waals surface area (Å²) in [6.07, 6.45) is -0.507. The normalized spacial score (nSPS) is 11.0. The van der Waals surface area contributed by atoms with Crippen LogP contribution in [0.2, 0.25) is 0 Å². The number of urea groups is 1. The SMILES string of the molecule is CN(C(=O)N[C@@H](CC(N)=O)C(=O)O)c1cccc(C#N)c1. The first-order chi connectivity index (χ1) is 9.85. The molecule has 0 spiro atoms. The number of rotatable bonds is 5. The molecule has 0 saturated carbocycles. The number of amides is 3. The van der Waals surface area contributed by atoms with Crippen LogP contribution in [0.5, 0.6) is 0 Å². The van der Waals surface area contributed by atoms with Gasteiger partial charge in [0.15, 0.2) is 0 Å². The second-order valence-electron chi connectivity index (χ2n) is 4.23. The van der Waals surface area contributed by atoms with Gasteiger partial charge in [0.05, 0.1) is 18.1 Å². The predicted molar refractivity (Wildman–Crippen MR) is 73.3 cm³/mol. The van der Waals surface area contributed by atoms with Crippen molar-refractivity contribution in [2.24, 2.45) is 5.73 Å². The van der Waals surface area contributed by atoms with Crippen LogP contribution >= 0.6 is 0 Å². The Balaban J connectivity index is 2.84. The number of hydrogen-bond acceptors (Lipinski definition) is 4. The van der Waals surface area contributed by atoms with E-state index in [1.165, 1.54) is 13.1 Å². The van der Waals surface area contributed by atoms with Gasteiger partial charge in [-0.3, -0.25) is 9.69 Å². The van der Waals surface area contributed by atoms with Crippen LogP contribution in [0, 0.1) is 11.3 Å². The summed E-state index contributed by atoms with van der Waals surface area (Å²) in [6, 6.07) is 6.03. The second kappa shape index (κ2) is 6.91. The molecule has 1 aromatic rings. The maximum absolute atomic E-state index is 12.0. The van der Waals surface area contributed by atoms with Crippen LogP contribution in [0.1, 0.15) is 12.0 Å². The van der Waals surface area contributed by atoms with Crippen LogP contribution in [-0.4, -0.2) is 36.1 Å². The zero-order valence-electron chi connectivity index (χ0n) is 11.2. The minimum absolute atomic E-state index is 0.360. The number of anilines is 1. The van der Waals surface area contributed by atoms with Crippen LogP contribution in [0.25, 0.3) is 0 Å². The minimum atomic E-state index is -1.41. The first-order valence-corrected chi connectivity index (χ1v) is 5.90. The van der Waals surface area contributed by atoms with Gasteiger partial charge in [-0.05, 0) is 18.2 Å². The molecule has 1 aromatic carbocycles. The highest BCUT2D eigenvalue weighted by Crippen LogP contribution is 2.14. The molecule has 0 heterocycles. The Morgan fingerprint density at radius 2 is 2.14 bits per heavy atom. The van der Waals surface area contributed by atoms with Crippen LogP contribution in [-0.2, 0) is 9.59 Å². The first-order valence-electron chi connectivity index (χ1n) is 5.90. The van der Waals surface area contributed by atoms with Crippen molar-refractivity contribution in [2.75, 3.05) is 11.9 Å². The van der Waals surface area contributed by atoms with Gasteiger partial charge in [0, 0.05) is 12.7 Å². The third kappa shape index (κ3) is 4.50. The van der Waals surface area contributed by atoms with Crippen molar-refractivity contribution in [2.45, 2.75) is 12.5 Å². The number of nitrogens with one attached hydrogen (secondary N) is 1. The van der Waals surface area contributed by atoms with Crippen LogP contribution in [0.4, 0.5) is 10.5 Å². The number of hydrogen-bond donors (Lipinski definition) is 3. The molecule has 1 atom stereocenters. The molecule has 1 rings (SSSR count). The molecule has 0 saturated heterocycles. The van der Waals surface area contributed by atoms with Crippen molar-refractivity contribution >= 4 is 23.6 Å². The molecular formula is C13H14N4O4. The molecule has 0 unspecified atom stereocenters. The first kappa shape index (κ1) is 16.0. The predicted octanol–water partition coefficient (Wildman–Crippen LogP) is 0.0327. The Morgan fingerprint density at radius 1 is 1.48 bits per heavy atom. The lowest BCUT2D eigenvalue weighted by atomic mass is 10.2. The van der Waals surface area contributed by atoms with Gasteiger partial charge in [0.2, 0.25) is 5.91 Å². The summed E-state index contributed by atoms with van der Waals surface area (Å²) >= 11 is 0. The quantitative estimate of drug-likeness (QED) is 0.702. The molecule has 0 aliphatic carbocycles. The van der Waals surface area contributed by atoms with E-state index in [2.05, 4.69) is 5.32 Å². The van der Waals surface area contributed by atoms with E-state index in [9.17, 15) is 14.4 Å². The highest BCUT2D eigenvalue weighted by molar-refractivity contribution is 5.95. The third-order valence-corrected chi connectivity index (χ3v) is 2.67. The molecule has 0 bridgehead atoms. The van der Waals surface area contributed by atoms with E-state index >= 15 is 0 Å². The summed E-state index contributed by atoms with van der Waals surface area (Å²) in [5, 5.41) is 19.9. The second-order valence-corrected chi connectivity index (χ2v) is 4.23. The van der Waals surface area contributed by atoms with E-state index in [-0.39, 0.29) is 0 Å². The van der Waals surface area contributed by atoms with Crippen LogP contribution in [0.15, 0.2) is 24.3 Å². The monoisotopic (exact) mass is 290 g/mol. The van der Waals surface area contributed by atoms with Crippen molar-refractivity contribution in [1.29, 1.82) is 5.26 Å². The number of nitrogens with zero attached hydrogens (tertiary/aromatic N) is 2. The molecule has 8 nitrogen and oxygen atoms in total.